The highest BCUT2D eigenvalue weighted by atomic mass is 32.2. The smallest absolute Gasteiger partial charge is 0.145 e. The summed E-state index contributed by atoms with van der Waals surface area (Å²) in [5.74, 6) is 0.289. The van der Waals surface area contributed by atoms with Crippen molar-refractivity contribution in [1.29, 1.82) is 0 Å². The Morgan fingerprint density at radius 2 is 1.60 bits per heavy atom. The van der Waals surface area contributed by atoms with Crippen LogP contribution in [0.2, 0.25) is 0 Å². The Morgan fingerprint density at radius 1 is 1.00 bits per heavy atom. The molecule has 0 saturated carbocycles. The van der Waals surface area contributed by atoms with Crippen molar-refractivity contribution in [2.75, 3.05) is 5.75 Å². The zero-order valence-corrected chi connectivity index (χ0v) is 13.5. The van der Waals surface area contributed by atoms with Crippen LogP contribution in [0.15, 0.2) is 29.2 Å². The molecule has 0 aliphatic carbocycles. The lowest BCUT2D eigenvalue weighted by atomic mass is 10.1. The highest BCUT2D eigenvalue weighted by Gasteiger charge is 2.09. The number of unbranched alkanes of at least 4 members (excludes halogenated alkanes) is 5. The van der Waals surface area contributed by atoms with Crippen molar-refractivity contribution in [3.63, 3.8) is 0 Å². The van der Waals surface area contributed by atoms with Gasteiger partial charge in [-0.1, -0.05) is 56.7 Å². The minimum Gasteiger partial charge on any atom is -0.299 e. The maximum Gasteiger partial charge on any atom is 0.145 e. The van der Waals surface area contributed by atoms with Gasteiger partial charge >= 0.3 is 0 Å². The van der Waals surface area contributed by atoms with Gasteiger partial charge in [0, 0.05) is 11.3 Å². The summed E-state index contributed by atoms with van der Waals surface area (Å²) in [6.45, 7) is 4.19. The van der Waals surface area contributed by atoms with E-state index in [1.54, 1.807) is 0 Å². The lowest BCUT2D eigenvalue weighted by Gasteiger charge is -2.03. The van der Waals surface area contributed by atoms with E-state index in [9.17, 15) is 9.00 Å². The molecule has 1 aromatic rings. The van der Waals surface area contributed by atoms with E-state index in [-0.39, 0.29) is 11.5 Å². The van der Waals surface area contributed by atoms with Crippen LogP contribution in [-0.2, 0) is 15.6 Å². The van der Waals surface area contributed by atoms with E-state index in [1.807, 2.05) is 31.2 Å². The van der Waals surface area contributed by atoms with E-state index < -0.39 is 10.8 Å². The second kappa shape index (κ2) is 9.87. The third-order valence-electron chi connectivity index (χ3n) is 3.39. The topological polar surface area (TPSA) is 34.1 Å². The summed E-state index contributed by atoms with van der Waals surface area (Å²) in [5.41, 5.74) is 1.14. The molecule has 20 heavy (non-hydrogen) atoms. The van der Waals surface area contributed by atoms with Gasteiger partial charge in [0.2, 0.25) is 0 Å². The fourth-order valence-corrected chi connectivity index (χ4v) is 3.14. The molecule has 0 saturated heterocycles. The molecule has 112 valence electrons. The van der Waals surface area contributed by atoms with Crippen molar-refractivity contribution in [1.82, 2.24) is 0 Å². The molecule has 0 heterocycles. The minimum atomic E-state index is -1.18. The molecule has 0 N–H and O–H groups in total. The molecule has 0 aromatic heterocycles. The summed E-state index contributed by atoms with van der Waals surface area (Å²) < 4.78 is 12.0. The Balaban J connectivity index is 2.21. The van der Waals surface area contributed by atoms with Gasteiger partial charge in [-0.15, -0.1) is 0 Å². The normalized spacial score (nSPS) is 12.3. The average molecular weight is 294 g/mol. The number of carbonyl (C=O) groups excluding carboxylic acids is 1. The molecular formula is C17H26O2S. The Hall–Kier alpha value is -0.960. The summed E-state index contributed by atoms with van der Waals surface area (Å²) in [6, 6.07) is 7.57. The van der Waals surface area contributed by atoms with Crippen LogP contribution in [0.1, 0.15) is 57.4 Å². The first-order valence-electron chi connectivity index (χ1n) is 7.60. The van der Waals surface area contributed by atoms with Crippen LogP contribution in [0.3, 0.4) is 0 Å². The van der Waals surface area contributed by atoms with Gasteiger partial charge in [-0.3, -0.25) is 9.00 Å². The van der Waals surface area contributed by atoms with Gasteiger partial charge in [0.15, 0.2) is 0 Å². The second-order valence-electron chi connectivity index (χ2n) is 5.36. The second-order valence-corrected chi connectivity index (χ2v) is 6.81. The van der Waals surface area contributed by atoms with Crippen LogP contribution >= 0.6 is 0 Å². The Morgan fingerprint density at radius 3 is 2.25 bits per heavy atom. The van der Waals surface area contributed by atoms with Crippen molar-refractivity contribution in [3.8, 4) is 0 Å². The summed E-state index contributed by atoms with van der Waals surface area (Å²) in [5, 5.41) is 0. The molecule has 0 bridgehead atoms. The molecule has 0 aliphatic rings. The first-order chi connectivity index (χ1) is 9.63. The summed E-state index contributed by atoms with van der Waals surface area (Å²) in [7, 11) is -1.18. The number of benzene rings is 1. The number of Topliss-reactive ketones (excluding diaryl/α,β-unsaturated/α-hetero) is 1. The quantitative estimate of drug-likeness (QED) is 0.598. The lowest BCUT2D eigenvalue weighted by Crippen LogP contribution is -2.10. The van der Waals surface area contributed by atoms with E-state index in [4.69, 9.17) is 0 Å². The molecule has 1 aromatic carbocycles. The van der Waals surface area contributed by atoms with Crippen LogP contribution in [0.5, 0.6) is 0 Å². The molecule has 1 unspecified atom stereocenters. The Kier molecular flexibility index (Phi) is 8.43. The molecule has 1 rings (SSSR count). The molecule has 0 fully saturated rings. The number of hydrogen-bond acceptors (Lipinski definition) is 2. The van der Waals surface area contributed by atoms with Crippen molar-refractivity contribution in [2.45, 2.75) is 63.7 Å². The molecule has 3 heteroatoms. The highest BCUT2D eigenvalue weighted by molar-refractivity contribution is 7.85. The number of carbonyl (C=O) groups is 1. The minimum absolute atomic E-state index is 0.124. The zero-order valence-electron chi connectivity index (χ0n) is 12.7. The van der Waals surface area contributed by atoms with Gasteiger partial charge in [-0.25, -0.2) is 0 Å². The summed E-state index contributed by atoms with van der Waals surface area (Å²) >= 11 is 0. The first-order valence-corrected chi connectivity index (χ1v) is 8.92. The Labute approximate surface area is 125 Å². The lowest BCUT2D eigenvalue weighted by molar-refractivity contribution is -0.116. The van der Waals surface area contributed by atoms with Gasteiger partial charge < -0.3 is 0 Å². The predicted molar refractivity (Wildman–Crippen MR) is 85.5 cm³/mol. The first kappa shape index (κ1) is 17.1. The molecule has 0 amide bonds. The van der Waals surface area contributed by atoms with E-state index in [0.717, 1.165) is 23.3 Å². The molecule has 2 nitrogen and oxygen atoms in total. The van der Waals surface area contributed by atoms with Crippen LogP contribution in [0.4, 0.5) is 0 Å². The van der Waals surface area contributed by atoms with Crippen LogP contribution < -0.4 is 0 Å². The van der Waals surface area contributed by atoms with Crippen molar-refractivity contribution in [3.05, 3.63) is 29.8 Å². The number of hydrogen-bond donors (Lipinski definition) is 0. The average Bonchev–Trinajstić information content (AvgIpc) is 2.43. The number of rotatable bonds is 10. The third-order valence-corrected chi connectivity index (χ3v) is 4.77. The maximum absolute atomic E-state index is 12.0. The third kappa shape index (κ3) is 6.99. The highest BCUT2D eigenvalue weighted by Crippen LogP contribution is 2.11. The molecule has 1 atom stereocenters. The van der Waals surface area contributed by atoms with E-state index in [0.29, 0.717) is 6.42 Å². The SMILES string of the molecule is CCCCCCCCC(=O)CS(=O)c1ccc(C)cc1. The molecule has 0 aliphatic heterocycles. The van der Waals surface area contributed by atoms with E-state index in [1.165, 1.54) is 25.7 Å². The monoisotopic (exact) mass is 294 g/mol. The maximum atomic E-state index is 12.0. The molecule has 0 radical (unpaired) electrons. The van der Waals surface area contributed by atoms with E-state index >= 15 is 0 Å². The largest absolute Gasteiger partial charge is 0.299 e. The fraction of sp³-hybridized carbons (Fsp3) is 0.588. The van der Waals surface area contributed by atoms with Gasteiger partial charge in [-0.05, 0) is 25.5 Å². The van der Waals surface area contributed by atoms with Crippen molar-refractivity contribution < 1.29 is 9.00 Å². The number of aryl methyl sites for hydroxylation is 1. The van der Waals surface area contributed by atoms with E-state index in [2.05, 4.69) is 6.92 Å². The fourth-order valence-electron chi connectivity index (χ4n) is 2.09. The van der Waals surface area contributed by atoms with Crippen molar-refractivity contribution >= 4 is 16.6 Å². The predicted octanol–water partition coefficient (Wildman–Crippen LogP) is 4.42. The van der Waals surface area contributed by atoms with Crippen LogP contribution in [-0.4, -0.2) is 15.7 Å². The molecular weight excluding hydrogens is 268 g/mol. The standard InChI is InChI=1S/C17H26O2S/c1-3-4-5-6-7-8-9-16(18)14-20(19)17-12-10-15(2)11-13-17/h10-13H,3-9,14H2,1-2H3. The summed E-state index contributed by atoms with van der Waals surface area (Å²) in [6.07, 6.45) is 7.63. The van der Waals surface area contributed by atoms with Gasteiger partial charge in [0.25, 0.3) is 0 Å². The summed E-state index contributed by atoms with van der Waals surface area (Å²) in [4.78, 5) is 12.5. The Bertz CT molecular complexity index is 423. The molecule has 0 spiro atoms. The van der Waals surface area contributed by atoms with Gasteiger partial charge in [0.05, 0.1) is 16.6 Å². The van der Waals surface area contributed by atoms with Gasteiger partial charge in [-0.2, -0.15) is 0 Å². The zero-order chi connectivity index (χ0) is 14.8. The number of ketones is 1. The van der Waals surface area contributed by atoms with Crippen molar-refractivity contribution in [2.24, 2.45) is 0 Å². The van der Waals surface area contributed by atoms with Gasteiger partial charge in [0.1, 0.15) is 5.78 Å². The van der Waals surface area contributed by atoms with Crippen LogP contribution in [0, 0.1) is 6.92 Å². The van der Waals surface area contributed by atoms with Crippen LogP contribution in [0.25, 0.3) is 0 Å².